The molecule has 7 heteroatoms. The minimum absolute atomic E-state index is 1.00. The molecule has 0 saturated carbocycles. The third-order valence-corrected chi connectivity index (χ3v) is 2.51. The largest absolute Gasteiger partial charge is 0.471 e. The first kappa shape index (κ1) is 14.3. The van der Waals surface area contributed by atoms with Crippen molar-refractivity contribution in [1.29, 1.82) is 0 Å². The first-order valence-corrected chi connectivity index (χ1v) is 5.89. The molecule has 1 rings (SSSR count). The summed E-state index contributed by atoms with van der Waals surface area (Å²) in [6, 6.07) is 0. The summed E-state index contributed by atoms with van der Waals surface area (Å²) in [6.45, 7) is 4.05. The number of rotatable bonds is 3. The van der Waals surface area contributed by atoms with E-state index in [0.717, 1.165) is 32.2 Å². The topological polar surface area (TPSA) is 84.4 Å². The van der Waals surface area contributed by atoms with E-state index in [1.54, 1.807) is 0 Å². The maximum absolute atomic E-state index is 10.1. The van der Waals surface area contributed by atoms with Gasteiger partial charge in [-0.25, -0.2) is 9.55 Å². The maximum Gasteiger partial charge on any atom is 0.471 e. The number of aryl methyl sites for hydroxylation is 2. The minimum atomic E-state index is -3.65. The van der Waals surface area contributed by atoms with E-state index in [1.807, 2.05) is 13.1 Å². The summed E-state index contributed by atoms with van der Waals surface area (Å²) >= 11 is 0. The Kier molecular flexibility index (Phi) is 6.43. The Bertz CT molecular complexity index is 318. The number of nitrogens with zero attached hydrogens (tertiary/aromatic N) is 1. The van der Waals surface area contributed by atoms with Gasteiger partial charge in [0.1, 0.15) is 5.82 Å². The first-order chi connectivity index (χ1) is 6.95. The number of H-pyrrole nitrogens is 1. The fraction of sp³-hybridized carbons (Fsp3) is 0.625. The van der Waals surface area contributed by atoms with Crippen molar-refractivity contribution in [2.24, 2.45) is 0 Å². The Morgan fingerprint density at radius 1 is 1.53 bits per heavy atom. The molecular weight excluding hydrogens is 219 g/mol. The molecule has 1 aromatic heterocycles. The highest BCUT2D eigenvalue weighted by atomic mass is 31.2. The van der Waals surface area contributed by atoms with Crippen molar-refractivity contribution in [1.82, 2.24) is 9.97 Å². The Hall–Kier alpha value is -0.680. The van der Waals surface area contributed by atoms with Crippen molar-refractivity contribution in [3.05, 3.63) is 17.7 Å². The van der Waals surface area contributed by atoms with Crippen LogP contribution in [-0.4, -0.2) is 29.1 Å². The van der Waals surface area contributed by atoms with Gasteiger partial charge >= 0.3 is 7.82 Å². The lowest BCUT2D eigenvalue weighted by Gasteiger charge is -2.01. The lowest BCUT2D eigenvalue weighted by Crippen LogP contribution is -1.83. The minimum Gasteiger partial charge on any atom is -0.349 e. The Morgan fingerprint density at radius 2 is 2.07 bits per heavy atom. The van der Waals surface area contributed by atoms with E-state index in [1.165, 1.54) is 0 Å². The quantitative estimate of drug-likeness (QED) is 0.779. The molecule has 0 saturated heterocycles. The molecule has 0 unspecified atom stereocenters. The molecule has 0 atom stereocenters. The van der Waals surface area contributed by atoms with Gasteiger partial charge in [0.2, 0.25) is 0 Å². The average Bonchev–Trinajstić information content (AvgIpc) is 2.65. The van der Waals surface area contributed by atoms with Crippen molar-refractivity contribution in [2.45, 2.75) is 20.3 Å². The first-order valence-electron chi connectivity index (χ1n) is 4.40. The highest BCUT2D eigenvalue weighted by molar-refractivity contribution is 7.47. The van der Waals surface area contributed by atoms with Crippen LogP contribution in [0.4, 0.5) is 0 Å². The van der Waals surface area contributed by atoms with Gasteiger partial charge in [0, 0.05) is 20.4 Å². The molecule has 0 fully saturated rings. The van der Waals surface area contributed by atoms with Crippen LogP contribution in [0.25, 0.3) is 0 Å². The summed E-state index contributed by atoms with van der Waals surface area (Å²) < 4.78 is 18.0. The number of imidazole rings is 1. The highest BCUT2D eigenvalue weighted by Gasteiger charge is 2.13. The number of hydrogen-bond acceptors (Lipinski definition) is 4. The molecule has 0 aromatic carbocycles. The van der Waals surface area contributed by atoms with Crippen LogP contribution < -0.4 is 0 Å². The van der Waals surface area contributed by atoms with E-state index < -0.39 is 7.82 Å². The van der Waals surface area contributed by atoms with Crippen molar-refractivity contribution < 1.29 is 18.5 Å². The van der Waals surface area contributed by atoms with E-state index in [0.29, 0.717) is 0 Å². The van der Waals surface area contributed by atoms with Gasteiger partial charge in [0.15, 0.2) is 0 Å². The van der Waals surface area contributed by atoms with Crippen LogP contribution in [0.3, 0.4) is 0 Å². The van der Waals surface area contributed by atoms with Crippen molar-refractivity contribution in [3.63, 3.8) is 0 Å². The van der Waals surface area contributed by atoms with E-state index in [2.05, 4.69) is 25.9 Å². The van der Waals surface area contributed by atoms with Gasteiger partial charge in [-0.1, -0.05) is 6.92 Å². The summed E-state index contributed by atoms with van der Waals surface area (Å²) in [5.41, 5.74) is 1.14. The molecule has 0 spiro atoms. The average molecular weight is 236 g/mol. The van der Waals surface area contributed by atoms with E-state index in [4.69, 9.17) is 4.89 Å². The molecule has 0 radical (unpaired) electrons. The SMILES string of the molecule is CCc1c[nH]c(C)n1.COP(=O)(O)OC. The van der Waals surface area contributed by atoms with Crippen molar-refractivity contribution >= 4 is 7.82 Å². The zero-order valence-electron chi connectivity index (χ0n) is 9.35. The molecule has 6 nitrogen and oxygen atoms in total. The van der Waals surface area contributed by atoms with Crippen LogP contribution in [-0.2, 0) is 20.0 Å². The summed E-state index contributed by atoms with van der Waals surface area (Å²) in [5.74, 6) is 1.00. The summed E-state index contributed by atoms with van der Waals surface area (Å²) in [4.78, 5) is 15.4. The predicted molar refractivity (Wildman–Crippen MR) is 56.5 cm³/mol. The van der Waals surface area contributed by atoms with Crippen LogP contribution in [0.2, 0.25) is 0 Å². The third kappa shape index (κ3) is 6.41. The number of hydrogen-bond donors (Lipinski definition) is 2. The van der Waals surface area contributed by atoms with E-state index >= 15 is 0 Å². The second kappa shape index (κ2) is 6.74. The van der Waals surface area contributed by atoms with Gasteiger partial charge in [-0.3, -0.25) is 9.05 Å². The molecule has 0 aliphatic heterocycles. The smallest absolute Gasteiger partial charge is 0.349 e. The van der Waals surface area contributed by atoms with Crippen LogP contribution in [0.15, 0.2) is 6.20 Å². The Morgan fingerprint density at radius 3 is 2.20 bits per heavy atom. The normalized spacial score (nSPS) is 10.7. The van der Waals surface area contributed by atoms with Crippen molar-refractivity contribution in [2.75, 3.05) is 14.2 Å². The third-order valence-electron chi connectivity index (χ3n) is 1.58. The molecule has 1 heterocycles. The maximum atomic E-state index is 10.1. The number of phosphoric ester groups is 1. The predicted octanol–water partition coefficient (Wildman–Crippen LogP) is 1.66. The number of aromatic amines is 1. The zero-order valence-corrected chi connectivity index (χ0v) is 10.2. The lowest BCUT2D eigenvalue weighted by atomic mass is 10.4. The number of aromatic nitrogens is 2. The lowest BCUT2D eigenvalue weighted by molar-refractivity contribution is 0.204. The fourth-order valence-electron chi connectivity index (χ4n) is 0.723. The second-order valence-electron chi connectivity index (χ2n) is 2.66. The molecular formula is C8H17N2O4P. The summed E-state index contributed by atoms with van der Waals surface area (Å²) in [6.07, 6.45) is 2.96. The monoisotopic (exact) mass is 236 g/mol. The molecule has 0 aliphatic rings. The number of nitrogens with one attached hydrogen (secondary N) is 1. The number of phosphoric acid groups is 1. The zero-order chi connectivity index (χ0) is 11.9. The molecule has 0 bridgehead atoms. The van der Waals surface area contributed by atoms with E-state index in [-0.39, 0.29) is 0 Å². The Balaban J connectivity index is 0.000000265. The molecule has 0 aliphatic carbocycles. The highest BCUT2D eigenvalue weighted by Crippen LogP contribution is 2.40. The van der Waals surface area contributed by atoms with Gasteiger partial charge in [0.25, 0.3) is 0 Å². The van der Waals surface area contributed by atoms with Crippen LogP contribution in [0.5, 0.6) is 0 Å². The molecule has 1 aromatic rings. The van der Waals surface area contributed by atoms with Gasteiger partial charge in [-0.15, -0.1) is 0 Å². The molecule has 2 N–H and O–H groups in total. The summed E-state index contributed by atoms with van der Waals surface area (Å²) in [7, 11) is -1.45. The summed E-state index contributed by atoms with van der Waals surface area (Å²) in [5, 5.41) is 0. The van der Waals surface area contributed by atoms with Crippen LogP contribution in [0, 0.1) is 6.92 Å². The second-order valence-corrected chi connectivity index (χ2v) is 4.33. The van der Waals surface area contributed by atoms with Crippen LogP contribution >= 0.6 is 7.82 Å². The molecule has 88 valence electrons. The van der Waals surface area contributed by atoms with Crippen LogP contribution in [0.1, 0.15) is 18.4 Å². The van der Waals surface area contributed by atoms with Gasteiger partial charge < -0.3 is 9.88 Å². The Labute approximate surface area is 89.3 Å². The fourth-order valence-corrected chi connectivity index (χ4v) is 0.872. The molecule has 15 heavy (non-hydrogen) atoms. The van der Waals surface area contributed by atoms with Gasteiger partial charge in [-0.05, 0) is 13.3 Å². The molecule has 0 amide bonds. The van der Waals surface area contributed by atoms with Gasteiger partial charge in [0.05, 0.1) is 5.69 Å². The van der Waals surface area contributed by atoms with E-state index in [9.17, 15) is 4.57 Å². The standard InChI is InChI=1S/C6H10N2.C2H7O4P/c1-3-6-4-7-5(2)8-6;1-5-7(3,4)6-2/h4H,3H2,1-2H3,(H,7,8);1-2H3,(H,3,4). The van der Waals surface area contributed by atoms with Gasteiger partial charge in [-0.2, -0.15) is 0 Å². The van der Waals surface area contributed by atoms with Crippen molar-refractivity contribution in [3.8, 4) is 0 Å².